The highest BCUT2D eigenvalue weighted by Crippen LogP contribution is 2.40. The van der Waals surface area contributed by atoms with Crippen LogP contribution in [0.15, 0.2) is 17.0 Å². The van der Waals surface area contributed by atoms with Crippen LogP contribution < -0.4 is 10.0 Å². The lowest BCUT2D eigenvalue weighted by molar-refractivity contribution is 0.472. The van der Waals surface area contributed by atoms with Crippen LogP contribution >= 0.6 is 23.5 Å². The Hall–Kier alpha value is -0.470. The van der Waals surface area contributed by atoms with Crippen molar-refractivity contribution >= 4 is 46.2 Å². The van der Waals surface area contributed by atoms with Crippen molar-refractivity contribution in [3.63, 3.8) is 0 Å². The van der Waals surface area contributed by atoms with E-state index in [-0.39, 0.29) is 6.17 Å². The van der Waals surface area contributed by atoms with Crippen molar-refractivity contribution in [3.8, 4) is 0 Å². The topological polar surface area (TPSA) is 64.6 Å². The summed E-state index contributed by atoms with van der Waals surface area (Å²) in [5, 5.41) is 3.70. The predicted molar refractivity (Wildman–Crippen MR) is 72.6 cm³/mol. The summed E-state index contributed by atoms with van der Waals surface area (Å²) >= 11 is 5.46. The first-order valence-electron chi connectivity index (χ1n) is 4.86. The Kier molecular flexibility index (Phi) is 3.84. The van der Waals surface area contributed by atoms with Gasteiger partial charge in [0.1, 0.15) is 0 Å². The van der Waals surface area contributed by atoms with Gasteiger partial charge in [0.25, 0.3) is 11.3 Å². The third-order valence-corrected chi connectivity index (χ3v) is 4.26. The largest absolute Gasteiger partial charge is 0.368 e. The monoisotopic (exact) mass is 293 g/mol. The van der Waals surface area contributed by atoms with Gasteiger partial charge in [-0.1, -0.05) is 11.6 Å². The number of hydrogen-bond donors (Lipinski definition) is 3. The van der Waals surface area contributed by atoms with Crippen molar-refractivity contribution in [2.45, 2.75) is 18.0 Å². The molecular weight excluding hydrogens is 282 g/mol. The van der Waals surface area contributed by atoms with Gasteiger partial charge in [0.15, 0.2) is 0 Å². The maximum absolute atomic E-state index is 10.7. The van der Waals surface area contributed by atoms with Crippen LogP contribution in [0.5, 0.6) is 0 Å². The molecule has 0 aromatic heterocycles. The van der Waals surface area contributed by atoms with Gasteiger partial charge in [-0.3, -0.25) is 9.27 Å². The normalized spacial score (nSPS) is 21.5. The summed E-state index contributed by atoms with van der Waals surface area (Å²) in [4.78, 5) is 0.961. The van der Waals surface area contributed by atoms with E-state index in [1.807, 2.05) is 14.0 Å². The number of rotatable bonds is 2. The van der Waals surface area contributed by atoms with E-state index in [1.54, 1.807) is 24.1 Å². The Bertz CT molecular complexity index is 472. The summed E-state index contributed by atoms with van der Waals surface area (Å²) in [6.45, 7) is 2.04. The van der Waals surface area contributed by atoms with E-state index >= 15 is 0 Å². The lowest BCUT2D eigenvalue weighted by Gasteiger charge is -2.32. The van der Waals surface area contributed by atoms with Gasteiger partial charge in [0, 0.05) is 4.90 Å². The van der Waals surface area contributed by atoms with Crippen molar-refractivity contribution in [2.75, 3.05) is 17.1 Å². The number of fused-ring (bicyclic) bond motifs is 1. The molecule has 1 aliphatic heterocycles. The van der Waals surface area contributed by atoms with Crippen molar-refractivity contribution in [1.82, 2.24) is 4.31 Å². The summed E-state index contributed by atoms with van der Waals surface area (Å²) in [6.07, 6.45) is 0.203. The van der Waals surface area contributed by atoms with Gasteiger partial charge in [0.05, 0.1) is 22.6 Å². The quantitative estimate of drug-likeness (QED) is 0.578. The molecule has 1 aromatic rings. The number of nitrogens with one attached hydrogen (secondary N) is 2. The highest BCUT2D eigenvalue weighted by atomic mass is 35.5. The van der Waals surface area contributed by atoms with Crippen LogP contribution in [0, 0.1) is 0 Å². The van der Waals surface area contributed by atoms with Crippen LogP contribution in [0.1, 0.15) is 6.92 Å². The molecule has 2 unspecified atom stereocenters. The average molecular weight is 294 g/mol. The zero-order valence-electron chi connectivity index (χ0n) is 9.23. The highest BCUT2D eigenvalue weighted by molar-refractivity contribution is 7.97. The molecule has 94 valence electrons. The van der Waals surface area contributed by atoms with E-state index in [9.17, 15) is 4.21 Å². The van der Waals surface area contributed by atoms with Gasteiger partial charge in [-0.15, -0.1) is 0 Å². The third-order valence-electron chi connectivity index (χ3n) is 2.42. The predicted octanol–water partition coefficient (Wildman–Crippen LogP) is 2.60. The summed E-state index contributed by atoms with van der Waals surface area (Å²) in [6, 6.07) is 3.51. The molecule has 1 heterocycles. The molecule has 2 rings (SSSR count). The van der Waals surface area contributed by atoms with Crippen molar-refractivity contribution in [2.24, 2.45) is 0 Å². The van der Waals surface area contributed by atoms with E-state index in [4.69, 9.17) is 16.2 Å². The van der Waals surface area contributed by atoms with Crippen LogP contribution in [0.2, 0.25) is 5.02 Å². The molecular formula is C9H12ClN3O2S2. The Balaban J connectivity index is 2.36. The summed E-state index contributed by atoms with van der Waals surface area (Å²) in [7, 11) is 1.97. The van der Waals surface area contributed by atoms with Gasteiger partial charge >= 0.3 is 0 Å². The number of benzene rings is 1. The molecule has 0 saturated heterocycles. The molecule has 3 N–H and O–H groups in total. The van der Waals surface area contributed by atoms with Gasteiger partial charge in [-0.2, -0.15) is 0 Å². The van der Waals surface area contributed by atoms with Gasteiger partial charge in [0.2, 0.25) is 0 Å². The molecule has 1 aromatic carbocycles. The zero-order chi connectivity index (χ0) is 12.6. The minimum atomic E-state index is -2.12. The number of halogens is 1. The smallest absolute Gasteiger partial charge is 0.259 e. The zero-order valence-corrected chi connectivity index (χ0v) is 11.6. The molecule has 0 radical (unpaired) electrons. The van der Waals surface area contributed by atoms with E-state index in [0.717, 1.165) is 10.6 Å². The van der Waals surface area contributed by atoms with Crippen LogP contribution in [0.3, 0.4) is 0 Å². The molecule has 17 heavy (non-hydrogen) atoms. The second-order valence-corrected chi connectivity index (χ2v) is 5.95. The first-order valence-corrected chi connectivity index (χ1v) is 7.11. The molecule has 0 spiro atoms. The van der Waals surface area contributed by atoms with E-state index in [2.05, 4.69) is 14.3 Å². The molecule has 0 amide bonds. The van der Waals surface area contributed by atoms with Crippen LogP contribution in [-0.2, 0) is 11.3 Å². The van der Waals surface area contributed by atoms with E-state index < -0.39 is 11.3 Å². The Morgan fingerprint density at radius 2 is 2.35 bits per heavy atom. The molecule has 2 atom stereocenters. The summed E-state index contributed by atoms with van der Waals surface area (Å²) in [5.74, 6) is 0. The van der Waals surface area contributed by atoms with E-state index in [1.165, 1.54) is 0 Å². The van der Waals surface area contributed by atoms with E-state index in [0.29, 0.717) is 10.7 Å². The van der Waals surface area contributed by atoms with Gasteiger partial charge in [-0.05, 0) is 38.1 Å². The van der Waals surface area contributed by atoms with Crippen LogP contribution in [0.25, 0.3) is 0 Å². The fourth-order valence-electron chi connectivity index (χ4n) is 1.46. The first-order chi connectivity index (χ1) is 7.97. The Labute approximate surface area is 111 Å². The van der Waals surface area contributed by atoms with Crippen LogP contribution in [-0.4, -0.2) is 26.3 Å². The molecule has 0 aliphatic carbocycles. The highest BCUT2D eigenvalue weighted by Gasteiger charge is 2.21. The molecule has 1 aliphatic rings. The maximum Gasteiger partial charge on any atom is 0.259 e. The fraction of sp³-hybridized carbons (Fsp3) is 0.333. The number of anilines is 2. The molecule has 0 bridgehead atoms. The average Bonchev–Trinajstić information content (AvgIpc) is 2.22. The first kappa shape index (κ1) is 13.0. The summed E-state index contributed by atoms with van der Waals surface area (Å²) in [5.41, 5.74) is 1.38. The Morgan fingerprint density at radius 3 is 3.00 bits per heavy atom. The van der Waals surface area contributed by atoms with Gasteiger partial charge in [-0.25, -0.2) is 8.51 Å². The SMILES string of the molecule is CC1Nc2cc(Cl)c(NS(=O)O)cc2SN1C. The minimum absolute atomic E-state index is 0.203. The third kappa shape index (κ3) is 2.86. The second-order valence-electron chi connectivity index (χ2n) is 3.64. The number of nitrogens with zero attached hydrogens (tertiary/aromatic N) is 1. The molecule has 8 heteroatoms. The second kappa shape index (κ2) is 5.03. The number of hydrogen-bond acceptors (Lipinski definition) is 4. The van der Waals surface area contributed by atoms with Gasteiger partial charge < -0.3 is 5.32 Å². The maximum atomic E-state index is 10.7. The minimum Gasteiger partial charge on any atom is -0.368 e. The Morgan fingerprint density at radius 1 is 1.65 bits per heavy atom. The molecule has 5 nitrogen and oxygen atoms in total. The molecule has 0 saturated carbocycles. The lowest BCUT2D eigenvalue weighted by atomic mass is 10.2. The molecule has 0 fully saturated rings. The van der Waals surface area contributed by atoms with Crippen molar-refractivity contribution in [3.05, 3.63) is 17.2 Å². The summed E-state index contributed by atoms with van der Waals surface area (Å²) < 4.78 is 23.9. The standard InChI is InChI=1S/C9H12ClN3O2S2/c1-5-11-8-3-6(10)7(12-17(14)15)4-9(8)16-13(5)2/h3-5,11-12H,1-2H3,(H,14,15). The van der Waals surface area contributed by atoms with Crippen molar-refractivity contribution in [1.29, 1.82) is 0 Å². The lowest BCUT2D eigenvalue weighted by Crippen LogP contribution is -2.33. The van der Waals surface area contributed by atoms with Crippen molar-refractivity contribution < 1.29 is 8.76 Å². The van der Waals surface area contributed by atoms with Crippen LogP contribution in [0.4, 0.5) is 11.4 Å². The fourth-order valence-corrected chi connectivity index (χ4v) is 3.00.